The molecule has 0 bridgehead atoms. The summed E-state index contributed by atoms with van der Waals surface area (Å²) in [6.07, 6.45) is 3.44. The summed E-state index contributed by atoms with van der Waals surface area (Å²) >= 11 is 5.96. The van der Waals surface area contributed by atoms with Gasteiger partial charge in [0.25, 0.3) is 0 Å². The molecule has 31 heavy (non-hydrogen) atoms. The zero-order chi connectivity index (χ0) is 22.3. The van der Waals surface area contributed by atoms with E-state index in [4.69, 9.17) is 27.2 Å². The van der Waals surface area contributed by atoms with Crippen LogP contribution in [-0.2, 0) is 7.05 Å². The predicted octanol–water partition coefficient (Wildman–Crippen LogP) is 4.01. The number of aromatic nitrogens is 3. The van der Waals surface area contributed by atoms with Crippen LogP contribution in [0.25, 0.3) is 22.3 Å². The Morgan fingerprint density at radius 1 is 1.32 bits per heavy atom. The minimum Gasteiger partial charge on any atom is -0.455 e. The number of halogens is 1. The maximum Gasteiger partial charge on any atom is 0.193 e. The van der Waals surface area contributed by atoms with Crippen LogP contribution < -0.4 is 16.5 Å². The summed E-state index contributed by atoms with van der Waals surface area (Å²) in [5.41, 5.74) is 9.29. The number of rotatable bonds is 5. The third-order valence-electron chi connectivity index (χ3n) is 4.95. The van der Waals surface area contributed by atoms with E-state index >= 15 is 0 Å². The van der Waals surface area contributed by atoms with E-state index in [0.717, 1.165) is 16.7 Å². The maximum atomic E-state index is 12.9. The highest BCUT2D eigenvalue weighted by Crippen LogP contribution is 2.31. The maximum absolute atomic E-state index is 12.9. The number of aryl methyl sites for hydroxylation is 2. The molecule has 0 spiro atoms. The van der Waals surface area contributed by atoms with Crippen molar-refractivity contribution >= 4 is 34.1 Å². The fourth-order valence-corrected chi connectivity index (χ4v) is 3.66. The Morgan fingerprint density at radius 2 is 2.10 bits per heavy atom. The van der Waals surface area contributed by atoms with Gasteiger partial charge in [-0.3, -0.25) is 14.9 Å². The second kappa shape index (κ2) is 7.88. The first-order valence-electron chi connectivity index (χ1n) is 9.58. The zero-order valence-electron chi connectivity index (χ0n) is 17.2. The highest BCUT2D eigenvalue weighted by molar-refractivity contribution is 6.29. The quantitative estimate of drug-likeness (QED) is 0.247. The van der Waals surface area contributed by atoms with Gasteiger partial charge in [-0.15, -0.1) is 0 Å². The van der Waals surface area contributed by atoms with Gasteiger partial charge in [0.2, 0.25) is 0 Å². The molecule has 0 saturated heterocycles. The van der Waals surface area contributed by atoms with E-state index in [-0.39, 0.29) is 28.2 Å². The minimum atomic E-state index is -0.282. The molecular formula is C22H21ClN6O2. The fraction of sp³-hybridized carbons (Fsp3) is 0.182. The molecule has 0 fully saturated rings. The van der Waals surface area contributed by atoms with Crippen LogP contribution in [0.1, 0.15) is 29.8 Å². The number of anilines is 1. The second-order valence-corrected chi connectivity index (χ2v) is 7.81. The molecule has 1 atom stereocenters. The van der Waals surface area contributed by atoms with Crippen LogP contribution in [0.5, 0.6) is 0 Å². The lowest BCUT2D eigenvalue weighted by atomic mass is 10.0. The van der Waals surface area contributed by atoms with E-state index in [0.29, 0.717) is 22.4 Å². The van der Waals surface area contributed by atoms with Crippen molar-refractivity contribution in [2.75, 3.05) is 5.32 Å². The van der Waals surface area contributed by atoms with Crippen LogP contribution >= 0.6 is 11.6 Å². The van der Waals surface area contributed by atoms with Gasteiger partial charge in [0.15, 0.2) is 5.43 Å². The van der Waals surface area contributed by atoms with Crippen molar-refractivity contribution in [3.8, 4) is 11.3 Å². The molecule has 0 aliphatic carbocycles. The van der Waals surface area contributed by atoms with E-state index in [1.165, 1.54) is 6.07 Å². The molecule has 4 N–H and O–H groups in total. The summed E-state index contributed by atoms with van der Waals surface area (Å²) < 4.78 is 7.84. The van der Waals surface area contributed by atoms with Crippen molar-refractivity contribution in [3.05, 3.63) is 74.9 Å². The van der Waals surface area contributed by atoms with Crippen molar-refractivity contribution in [1.29, 1.82) is 5.41 Å². The number of nitrogens with zero attached hydrogens (tertiary/aromatic N) is 3. The Morgan fingerprint density at radius 3 is 2.77 bits per heavy atom. The first-order valence-corrected chi connectivity index (χ1v) is 9.95. The second-order valence-electron chi connectivity index (χ2n) is 7.42. The number of nitrogen functional groups attached to an aromatic ring is 1. The van der Waals surface area contributed by atoms with Crippen LogP contribution in [0.2, 0.25) is 5.15 Å². The van der Waals surface area contributed by atoms with Crippen LogP contribution in [0.15, 0.2) is 51.9 Å². The van der Waals surface area contributed by atoms with Crippen LogP contribution in [0.4, 0.5) is 5.69 Å². The molecule has 3 aromatic heterocycles. The van der Waals surface area contributed by atoms with Gasteiger partial charge in [-0.2, -0.15) is 5.10 Å². The van der Waals surface area contributed by atoms with Crippen LogP contribution in [-0.4, -0.2) is 20.6 Å². The van der Waals surface area contributed by atoms with Crippen LogP contribution in [0, 0.1) is 12.3 Å². The number of nitrogens with two attached hydrogens (primary N) is 1. The monoisotopic (exact) mass is 436 g/mol. The third-order valence-corrected chi connectivity index (χ3v) is 5.16. The molecule has 0 aliphatic rings. The standard InChI is InChI=1S/C22H21ClN6O2/c1-11-6-14(12(2)27-16-4-5-19(23)28-20(16)22(24)25)21-15(7-11)17(30)8-18(31-21)13-9-26-29(3)10-13/h4-10,12,27H,1-3H3,(H3,24,25)/t12-/m1/s1. The Balaban J connectivity index is 1.84. The van der Waals surface area contributed by atoms with Gasteiger partial charge in [0.1, 0.15) is 28.0 Å². The largest absolute Gasteiger partial charge is 0.455 e. The van der Waals surface area contributed by atoms with Crippen molar-refractivity contribution in [2.24, 2.45) is 12.8 Å². The molecule has 4 aromatic rings. The highest BCUT2D eigenvalue weighted by atomic mass is 35.5. The Bertz CT molecular complexity index is 1370. The number of hydrogen-bond donors (Lipinski definition) is 3. The lowest BCUT2D eigenvalue weighted by molar-refractivity contribution is 0.610. The summed E-state index contributed by atoms with van der Waals surface area (Å²) in [6.45, 7) is 3.86. The number of fused-ring (bicyclic) bond motifs is 1. The number of pyridine rings is 1. The Hall–Kier alpha value is -3.65. The van der Waals surface area contributed by atoms with Gasteiger partial charge in [-0.05, 0) is 37.6 Å². The summed E-state index contributed by atoms with van der Waals surface area (Å²) in [5, 5.41) is 16.0. The molecule has 0 saturated carbocycles. The predicted molar refractivity (Wildman–Crippen MR) is 122 cm³/mol. The molecule has 0 unspecified atom stereocenters. The molecule has 9 heteroatoms. The summed E-state index contributed by atoms with van der Waals surface area (Å²) in [6, 6.07) is 8.32. The molecule has 3 heterocycles. The lowest BCUT2D eigenvalue weighted by Gasteiger charge is -2.19. The first kappa shape index (κ1) is 20.6. The van der Waals surface area contributed by atoms with Crippen molar-refractivity contribution in [2.45, 2.75) is 19.9 Å². The molecule has 0 radical (unpaired) electrons. The number of hydrogen-bond acceptors (Lipinski definition) is 6. The number of benzene rings is 1. The number of nitrogens with one attached hydrogen (secondary N) is 2. The van der Waals surface area contributed by atoms with Crippen molar-refractivity contribution in [3.63, 3.8) is 0 Å². The summed E-state index contributed by atoms with van der Waals surface area (Å²) in [7, 11) is 1.80. The van der Waals surface area contributed by atoms with Gasteiger partial charge < -0.3 is 15.5 Å². The van der Waals surface area contributed by atoms with Gasteiger partial charge in [-0.25, -0.2) is 4.98 Å². The van der Waals surface area contributed by atoms with Crippen molar-refractivity contribution < 1.29 is 4.42 Å². The number of amidine groups is 1. The van der Waals surface area contributed by atoms with Gasteiger partial charge in [-0.1, -0.05) is 17.7 Å². The first-order chi connectivity index (χ1) is 14.7. The highest BCUT2D eigenvalue weighted by Gasteiger charge is 2.18. The van der Waals surface area contributed by atoms with E-state index in [2.05, 4.69) is 15.4 Å². The molecule has 0 amide bonds. The molecular weight excluding hydrogens is 416 g/mol. The minimum absolute atomic E-state index is 0.130. The Kier molecular flexibility index (Phi) is 5.24. The van der Waals surface area contributed by atoms with Crippen LogP contribution in [0.3, 0.4) is 0 Å². The summed E-state index contributed by atoms with van der Waals surface area (Å²) in [4.78, 5) is 17.0. The van der Waals surface area contributed by atoms with Crippen molar-refractivity contribution in [1.82, 2.24) is 14.8 Å². The third kappa shape index (κ3) is 4.02. The summed E-state index contributed by atoms with van der Waals surface area (Å²) in [5.74, 6) is 0.247. The SMILES string of the molecule is Cc1cc([C@@H](C)Nc2ccc(Cl)nc2C(=N)N)c2oc(-c3cnn(C)c3)cc(=O)c2c1. The van der Waals surface area contributed by atoms with E-state index in [9.17, 15) is 4.79 Å². The van der Waals surface area contributed by atoms with E-state index in [1.54, 1.807) is 36.3 Å². The van der Waals surface area contributed by atoms with E-state index in [1.807, 2.05) is 26.0 Å². The Labute approximate surface area is 183 Å². The zero-order valence-corrected chi connectivity index (χ0v) is 18.0. The molecule has 8 nitrogen and oxygen atoms in total. The lowest BCUT2D eigenvalue weighted by Crippen LogP contribution is -2.18. The van der Waals surface area contributed by atoms with Gasteiger partial charge in [0.05, 0.1) is 28.9 Å². The normalized spacial score (nSPS) is 12.1. The fourth-order valence-electron chi connectivity index (χ4n) is 3.51. The smallest absolute Gasteiger partial charge is 0.193 e. The topological polar surface area (TPSA) is 123 Å². The van der Waals surface area contributed by atoms with Gasteiger partial charge >= 0.3 is 0 Å². The molecule has 158 valence electrons. The van der Waals surface area contributed by atoms with E-state index < -0.39 is 0 Å². The average molecular weight is 437 g/mol. The molecule has 1 aromatic carbocycles. The molecule has 0 aliphatic heterocycles. The average Bonchev–Trinajstić information content (AvgIpc) is 3.15. The molecule has 4 rings (SSSR count). The van der Waals surface area contributed by atoms with Gasteiger partial charge in [0, 0.05) is 24.9 Å².